The van der Waals surface area contributed by atoms with Crippen LogP contribution >= 0.6 is 22.7 Å². The quantitative estimate of drug-likeness (QED) is 0.465. The van der Waals surface area contributed by atoms with Crippen molar-refractivity contribution < 1.29 is 19.0 Å². The molecule has 0 saturated carbocycles. The Bertz CT molecular complexity index is 1410. The van der Waals surface area contributed by atoms with E-state index in [9.17, 15) is 9.59 Å². The molecule has 3 heterocycles. The summed E-state index contributed by atoms with van der Waals surface area (Å²) in [6.07, 6.45) is 1.72. The first-order valence-corrected chi connectivity index (χ1v) is 12.6. The Hall–Kier alpha value is -3.17. The lowest BCUT2D eigenvalue weighted by molar-refractivity contribution is -0.139. The molecular formula is C25H26N2O5S2. The number of para-hydroxylation sites is 1. The lowest BCUT2D eigenvalue weighted by atomic mass is 10.0. The molecule has 7 nitrogen and oxygen atoms in total. The molecular weight excluding hydrogens is 472 g/mol. The first-order chi connectivity index (χ1) is 16.3. The lowest BCUT2D eigenvalue weighted by Crippen LogP contribution is -2.39. The van der Waals surface area contributed by atoms with Crippen molar-refractivity contribution in [3.63, 3.8) is 0 Å². The number of allylic oxidation sites excluding steroid dienone is 1. The standard InChI is InChI=1S/C25H26N2O5S2/c1-6-31-24(29)20-15(4)26-25-27(21(20)18-11-8-12-33-18)23(28)19(34-25)13-16-9-7-10-17(30-5)22(16)32-14(2)3/h7-14,21H,6H2,1-5H3/b19-13-/t21-/m0/s1. The molecule has 1 aromatic carbocycles. The number of ether oxygens (including phenoxy) is 3. The average molecular weight is 499 g/mol. The Balaban J connectivity index is 1.93. The summed E-state index contributed by atoms with van der Waals surface area (Å²) >= 11 is 2.76. The Morgan fingerprint density at radius 2 is 2.06 bits per heavy atom. The van der Waals surface area contributed by atoms with Crippen molar-refractivity contribution in [2.75, 3.05) is 13.7 Å². The summed E-state index contributed by atoms with van der Waals surface area (Å²) in [7, 11) is 1.58. The number of thiazole rings is 1. The maximum atomic E-state index is 13.7. The zero-order valence-corrected chi connectivity index (χ0v) is 21.3. The molecule has 0 spiro atoms. The molecule has 4 rings (SSSR count). The third-order valence-electron chi connectivity index (χ3n) is 5.20. The number of methoxy groups -OCH3 is 1. The van der Waals surface area contributed by atoms with Gasteiger partial charge in [-0.05, 0) is 51.3 Å². The van der Waals surface area contributed by atoms with Crippen LogP contribution in [0, 0.1) is 0 Å². The number of thiophene rings is 1. The van der Waals surface area contributed by atoms with Crippen LogP contribution < -0.4 is 24.4 Å². The molecule has 1 atom stereocenters. The Morgan fingerprint density at radius 3 is 2.71 bits per heavy atom. The summed E-state index contributed by atoms with van der Waals surface area (Å²) in [5.41, 5.74) is 1.44. The molecule has 0 saturated heterocycles. The highest BCUT2D eigenvalue weighted by molar-refractivity contribution is 7.10. The van der Waals surface area contributed by atoms with E-state index >= 15 is 0 Å². The molecule has 0 bridgehead atoms. The number of rotatable bonds is 7. The highest BCUT2D eigenvalue weighted by atomic mass is 32.1. The highest BCUT2D eigenvalue weighted by Gasteiger charge is 2.33. The summed E-state index contributed by atoms with van der Waals surface area (Å²) in [5.74, 6) is 0.702. The molecule has 0 radical (unpaired) electrons. The van der Waals surface area contributed by atoms with Gasteiger partial charge in [-0.2, -0.15) is 0 Å². The van der Waals surface area contributed by atoms with Gasteiger partial charge >= 0.3 is 5.97 Å². The number of carbonyl (C=O) groups is 1. The largest absolute Gasteiger partial charge is 0.493 e. The Morgan fingerprint density at radius 1 is 1.26 bits per heavy atom. The van der Waals surface area contributed by atoms with Crippen LogP contribution in [0.25, 0.3) is 6.08 Å². The number of hydrogen-bond acceptors (Lipinski definition) is 8. The number of carbonyl (C=O) groups excluding carboxylic acids is 1. The minimum atomic E-state index is -0.589. The first kappa shape index (κ1) is 24.0. The molecule has 0 unspecified atom stereocenters. The monoisotopic (exact) mass is 498 g/mol. The van der Waals surface area contributed by atoms with E-state index in [1.807, 2.05) is 49.6 Å². The Kier molecular flexibility index (Phi) is 7.04. The van der Waals surface area contributed by atoms with Gasteiger partial charge in [-0.25, -0.2) is 9.79 Å². The van der Waals surface area contributed by atoms with E-state index in [0.717, 1.165) is 10.4 Å². The maximum absolute atomic E-state index is 13.7. The fourth-order valence-corrected chi connectivity index (χ4v) is 5.68. The molecule has 178 valence electrons. The van der Waals surface area contributed by atoms with Crippen LogP contribution in [0.1, 0.15) is 44.2 Å². The molecule has 3 aromatic rings. The van der Waals surface area contributed by atoms with Gasteiger partial charge in [-0.15, -0.1) is 11.3 Å². The smallest absolute Gasteiger partial charge is 0.338 e. The normalized spacial score (nSPS) is 15.8. The van der Waals surface area contributed by atoms with Crippen LogP contribution in [0.15, 0.2) is 56.8 Å². The fraction of sp³-hybridized carbons (Fsp3) is 0.320. The minimum absolute atomic E-state index is 0.0710. The first-order valence-electron chi connectivity index (χ1n) is 10.9. The van der Waals surface area contributed by atoms with Crippen LogP contribution in [0.3, 0.4) is 0 Å². The van der Waals surface area contributed by atoms with Gasteiger partial charge in [-0.1, -0.05) is 29.5 Å². The lowest BCUT2D eigenvalue weighted by Gasteiger charge is -2.23. The predicted octanol–water partition coefficient (Wildman–Crippen LogP) is 3.66. The average Bonchev–Trinajstić information content (AvgIpc) is 3.42. The summed E-state index contributed by atoms with van der Waals surface area (Å²) in [5, 5.41) is 1.93. The molecule has 0 fully saturated rings. The summed E-state index contributed by atoms with van der Waals surface area (Å²) in [6, 6.07) is 8.79. The van der Waals surface area contributed by atoms with Crippen molar-refractivity contribution in [3.05, 3.63) is 77.1 Å². The molecule has 0 N–H and O–H groups in total. The molecule has 34 heavy (non-hydrogen) atoms. The zero-order valence-electron chi connectivity index (χ0n) is 19.7. The predicted molar refractivity (Wildman–Crippen MR) is 133 cm³/mol. The number of benzene rings is 1. The number of nitrogens with zero attached hydrogens (tertiary/aromatic N) is 2. The molecule has 0 amide bonds. The van der Waals surface area contributed by atoms with E-state index < -0.39 is 12.0 Å². The van der Waals surface area contributed by atoms with Crippen molar-refractivity contribution in [1.29, 1.82) is 0 Å². The molecule has 2 aromatic heterocycles. The zero-order chi connectivity index (χ0) is 24.4. The third-order valence-corrected chi connectivity index (χ3v) is 7.11. The van der Waals surface area contributed by atoms with E-state index in [2.05, 4.69) is 4.99 Å². The fourth-order valence-electron chi connectivity index (χ4n) is 3.82. The van der Waals surface area contributed by atoms with E-state index in [0.29, 0.717) is 32.1 Å². The van der Waals surface area contributed by atoms with Crippen molar-refractivity contribution >= 4 is 34.7 Å². The number of aromatic nitrogens is 1. The topological polar surface area (TPSA) is 79.1 Å². The third kappa shape index (κ3) is 4.45. The van der Waals surface area contributed by atoms with Crippen LogP contribution in [0.2, 0.25) is 0 Å². The van der Waals surface area contributed by atoms with Crippen LogP contribution in [-0.2, 0) is 9.53 Å². The summed E-state index contributed by atoms with van der Waals surface area (Å²) in [4.78, 5) is 32.6. The number of hydrogen-bond donors (Lipinski definition) is 0. The van der Waals surface area contributed by atoms with Crippen molar-refractivity contribution in [1.82, 2.24) is 4.57 Å². The van der Waals surface area contributed by atoms with Gasteiger partial charge in [0.1, 0.15) is 6.04 Å². The SMILES string of the molecule is CCOC(=O)C1=C(C)N=c2s/c(=C\c3cccc(OC)c3OC(C)C)c(=O)n2[C@H]1c1cccs1. The highest BCUT2D eigenvalue weighted by Crippen LogP contribution is 2.34. The molecule has 0 aliphatic carbocycles. The maximum Gasteiger partial charge on any atom is 0.338 e. The van der Waals surface area contributed by atoms with E-state index in [1.54, 1.807) is 31.6 Å². The molecule has 1 aliphatic rings. The second-order valence-electron chi connectivity index (χ2n) is 7.86. The van der Waals surface area contributed by atoms with Crippen LogP contribution in [-0.4, -0.2) is 30.4 Å². The van der Waals surface area contributed by atoms with Crippen molar-refractivity contribution in [2.24, 2.45) is 4.99 Å². The molecule has 9 heteroatoms. The van der Waals surface area contributed by atoms with Gasteiger partial charge < -0.3 is 14.2 Å². The number of fused-ring (bicyclic) bond motifs is 1. The van der Waals surface area contributed by atoms with Gasteiger partial charge in [0.05, 0.1) is 35.6 Å². The van der Waals surface area contributed by atoms with E-state index in [1.165, 1.54) is 22.7 Å². The van der Waals surface area contributed by atoms with Gasteiger partial charge in [0.25, 0.3) is 5.56 Å². The van der Waals surface area contributed by atoms with Crippen LogP contribution in [0.5, 0.6) is 11.5 Å². The van der Waals surface area contributed by atoms with Gasteiger partial charge in [0.15, 0.2) is 16.3 Å². The van der Waals surface area contributed by atoms with Crippen molar-refractivity contribution in [2.45, 2.75) is 39.8 Å². The second kappa shape index (κ2) is 9.99. The summed E-state index contributed by atoms with van der Waals surface area (Å²) < 4.78 is 18.9. The van der Waals surface area contributed by atoms with Gasteiger partial charge in [0, 0.05) is 10.4 Å². The number of esters is 1. The Labute approximate surface area is 205 Å². The summed E-state index contributed by atoms with van der Waals surface area (Å²) in [6.45, 7) is 7.65. The van der Waals surface area contributed by atoms with Crippen LogP contribution in [0.4, 0.5) is 0 Å². The van der Waals surface area contributed by atoms with Gasteiger partial charge in [-0.3, -0.25) is 9.36 Å². The minimum Gasteiger partial charge on any atom is -0.493 e. The second-order valence-corrected chi connectivity index (χ2v) is 9.85. The van der Waals surface area contributed by atoms with E-state index in [-0.39, 0.29) is 18.3 Å². The molecule has 1 aliphatic heterocycles. The van der Waals surface area contributed by atoms with Gasteiger partial charge in [0.2, 0.25) is 0 Å². The van der Waals surface area contributed by atoms with Crippen molar-refractivity contribution in [3.8, 4) is 11.5 Å². The van der Waals surface area contributed by atoms with E-state index in [4.69, 9.17) is 14.2 Å².